The summed E-state index contributed by atoms with van der Waals surface area (Å²) in [5.74, 6) is 1.48. The van der Waals surface area contributed by atoms with Crippen molar-refractivity contribution in [1.29, 1.82) is 0 Å². The van der Waals surface area contributed by atoms with Crippen molar-refractivity contribution in [3.8, 4) is 11.5 Å². The molecule has 0 bridgehead atoms. The Labute approximate surface area is 183 Å². The summed E-state index contributed by atoms with van der Waals surface area (Å²) in [5, 5.41) is 3.07. The molecule has 166 valence electrons. The van der Waals surface area contributed by atoms with Crippen LogP contribution in [0.15, 0.2) is 36.4 Å². The normalized spacial score (nSPS) is 17.6. The van der Waals surface area contributed by atoms with Gasteiger partial charge in [0, 0.05) is 37.6 Å². The minimum absolute atomic E-state index is 0.00282. The number of amides is 1. The topological polar surface area (TPSA) is 63.3 Å². The molecule has 2 aliphatic rings. The molecule has 0 spiro atoms. The minimum Gasteiger partial charge on any atom is -0.493 e. The zero-order chi connectivity index (χ0) is 21.8. The van der Waals surface area contributed by atoms with Gasteiger partial charge >= 0.3 is 0 Å². The minimum atomic E-state index is -0.236. The molecule has 1 amide bonds. The largest absolute Gasteiger partial charge is 0.493 e. The molecule has 0 saturated carbocycles. The standard InChI is InChI=1S/C24H31N3O4/c1-17(27-9-8-18-14-22(29-2)23(30-3)15-19(18)16-27)24(28)25-20-4-6-21(7-5-20)26-10-12-31-13-11-26/h4-7,14-15,17H,8-13,16H2,1-3H3,(H,25,28)/t17-/m0/s1. The molecule has 1 N–H and O–H groups in total. The van der Waals surface area contributed by atoms with Crippen LogP contribution in [0.5, 0.6) is 11.5 Å². The molecule has 4 rings (SSSR count). The molecule has 1 fully saturated rings. The third kappa shape index (κ3) is 4.78. The second kappa shape index (κ2) is 9.58. The first-order chi connectivity index (χ1) is 15.1. The smallest absolute Gasteiger partial charge is 0.241 e. The second-order valence-electron chi connectivity index (χ2n) is 8.01. The van der Waals surface area contributed by atoms with Gasteiger partial charge in [-0.25, -0.2) is 0 Å². The highest BCUT2D eigenvalue weighted by Gasteiger charge is 2.26. The summed E-state index contributed by atoms with van der Waals surface area (Å²) in [6.07, 6.45) is 0.877. The molecule has 0 unspecified atom stereocenters. The van der Waals surface area contributed by atoms with Gasteiger partial charge in [-0.1, -0.05) is 0 Å². The Balaban J connectivity index is 1.38. The van der Waals surface area contributed by atoms with Crippen molar-refractivity contribution in [3.05, 3.63) is 47.5 Å². The highest BCUT2D eigenvalue weighted by atomic mass is 16.5. The fourth-order valence-electron chi connectivity index (χ4n) is 4.23. The van der Waals surface area contributed by atoms with Gasteiger partial charge in [-0.3, -0.25) is 9.69 Å². The molecule has 2 aromatic carbocycles. The molecule has 0 aliphatic carbocycles. The summed E-state index contributed by atoms with van der Waals surface area (Å²) in [5.41, 5.74) is 4.41. The van der Waals surface area contributed by atoms with Crippen LogP contribution in [0.4, 0.5) is 11.4 Å². The van der Waals surface area contributed by atoms with E-state index in [0.29, 0.717) is 6.54 Å². The van der Waals surface area contributed by atoms with Gasteiger partial charge in [0.2, 0.25) is 5.91 Å². The maximum atomic E-state index is 12.9. The molecule has 7 nitrogen and oxygen atoms in total. The van der Waals surface area contributed by atoms with Crippen LogP contribution in [0.25, 0.3) is 0 Å². The summed E-state index contributed by atoms with van der Waals surface area (Å²) in [7, 11) is 3.30. The van der Waals surface area contributed by atoms with Gasteiger partial charge in [0.25, 0.3) is 0 Å². The molecule has 0 radical (unpaired) electrons. The van der Waals surface area contributed by atoms with Crippen LogP contribution in [0.1, 0.15) is 18.1 Å². The van der Waals surface area contributed by atoms with Gasteiger partial charge < -0.3 is 24.4 Å². The first kappa shape index (κ1) is 21.5. The maximum absolute atomic E-state index is 12.9. The van der Waals surface area contributed by atoms with Gasteiger partial charge in [-0.05, 0) is 60.9 Å². The van der Waals surface area contributed by atoms with E-state index >= 15 is 0 Å². The molecule has 2 aromatic rings. The molecule has 1 atom stereocenters. The number of carbonyl (C=O) groups excluding carboxylic acids is 1. The lowest BCUT2D eigenvalue weighted by Crippen LogP contribution is -2.44. The lowest BCUT2D eigenvalue weighted by atomic mass is 9.97. The zero-order valence-corrected chi connectivity index (χ0v) is 18.5. The zero-order valence-electron chi connectivity index (χ0n) is 18.5. The van der Waals surface area contributed by atoms with E-state index in [-0.39, 0.29) is 11.9 Å². The number of methoxy groups -OCH3 is 2. The van der Waals surface area contributed by atoms with Crippen molar-refractivity contribution in [2.75, 3.05) is 57.3 Å². The summed E-state index contributed by atoms with van der Waals surface area (Å²) in [4.78, 5) is 17.4. The number of anilines is 2. The summed E-state index contributed by atoms with van der Waals surface area (Å²) in [6, 6.07) is 11.9. The Morgan fingerprint density at radius 2 is 1.65 bits per heavy atom. The number of morpholine rings is 1. The summed E-state index contributed by atoms with van der Waals surface area (Å²) < 4.78 is 16.3. The molecule has 7 heteroatoms. The van der Waals surface area contributed by atoms with E-state index in [1.54, 1.807) is 14.2 Å². The predicted octanol–water partition coefficient (Wildman–Crippen LogP) is 2.93. The van der Waals surface area contributed by atoms with E-state index in [0.717, 1.165) is 62.1 Å². The van der Waals surface area contributed by atoms with Crippen molar-refractivity contribution in [2.24, 2.45) is 0 Å². The Bertz CT molecular complexity index is 910. The average molecular weight is 426 g/mol. The fraction of sp³-hybridized carbons (Fsp3) is 0.458. The molecule has 31 heavy (non-hydrogen) atoms. The number of nitrogens with one attached hydrogen (secondary N) is 1. The molecule has 0 aromatic heterocycles. The van der Waals surface area contributed by atoms with Gasteiger partial charge in [-0.2, -0.15) is 0 Å². The van der Waals surface area contributed by atoms with Crippen LogP contribution in [0, 0.1) is 0 Å². The van der Waals surface area contributed by atoms with E-state index in [1.165, 1.54) is 11.1 Å². The molecule has 2 heterocycles. The first-order valence-electron chi connectivity index (χ1n) is 10.8. The highest BCUT2D eigenvalue weighted by molar-refractivity contribution is 5.94. The number of carbonyl (C=O) groups is 1. The number of rotatable bonds is 6. The number of ether oxygens (including phenoxy) is 3. The van der Waals surface area contributed by atoms with E-state index in [9.17, 15) is 4.79 Å². The number of hydrogen-bond donors (Lipinski definition) is 1. The monoisotopic (exact) mass is 425 g/mol. The lowest BCUT2D eigenvalue weighted by Gasteiger charge is -2.33. The van der Waals surface area contributed by atoms with E-state index in [1.807, 2.05) is 31.2 Å². The van der Waals surface area contributed by atoms with Crippen LogP contribution >= 0.6 is 0 Å². The number of benzene rings is 2. The Morgan fingerprint density at radius 1 is 1.00 bits per heavy atom. The quantitative estimate of drug-likeness (QED) is 0.768. The van der Waals surface area contributed by atoms with Crippen LogP contribution in [0.3, 0.4) is 0 Å². The average Bonchev–Trinajstić information content (AvgIpc) is 2.83. The van der Waals surface area contributed by atoms with Crippen LogP contribution in [-0.4, -0.2) is 63.9 Å². The van der Waals surface area contributed by atoms with Crippen molar-refractivity contribution in [2.45, 2.75) is 25.9 Å². The molecular weight excluding hydrogens is 394 g/mol. The van der Waals surface area contributed by atoms with Crippen molar-refractivity contribution >= 4 is 17.3 Å². The van der Waals surface area contributed by atoms with E-state index in [4.69, 9.17) is 14.2 Å². The number of nitrogens with zero attached hydrogens (tertiary/aromatic N) is 2. The third-order valence-electron chi connectivity index (χ3n) is 6.19. The van der Waals surface area contributed by atoms with Crippen molar-refractivity contribution in [1.82, 2.24) is 4.90 Å². The van der Waals surface area contributed by atoms with E-state index < -0.39 is 0 Å². The number of fused-ring (bicyclic) bond motifs is 1. The van der Waals surface area contributed by atoms with Crippen LogP contribution in [0.2, 0.25) is 0 Å². The molecule has 2 aliphatic heterocycles. The highest BCUT2D eigenvalue weighted by Crippen LogP contribution is 2.33. The summed E-state index contributed by atoms with van der Waals surface area (Å²) >= 11 is 0. The lowest BCUT2D eigenvalue weighted by molar-refractivity contribution is -0.121. The van der Waals surface area contributed by atoms with Gasteiger partial charge in [-0.15, -0.1) is 0 Å². The Hall–Kier alpha value is -2.77. The SMILES string of the molecule is COc1cc2c(cc1OC)CN([C@@H](C)C(=O)Nc1ccc(N3CCOCC3)cc1)CC2. The maximum Gasteiger partial charge on any atom is 0.241 e. The number of hydrogen-bond acceptors (Lipinski definition) is 6. The van der Waals surface area contributed by atoms with Gasteiger partial charge in [0.15, 0.2) is 11.5 Å². The van der Waals surface area contributed by atoms with Crippen molar-refractivity contribution < 1.29 is 19.0 Å². The fourth-order valence-corrected chi connectivity index (χ4v) is 4.23. The Morgan fingerprint density at radius 3 is 2.29 bits per heavy atom. The van der Waals surface area contributed by atoms with E-state index in [2.05, 4.69) is 27.2 Å². The summed E-state index contributed by atoms with van der Waals surface area (Å²) in [6.45, 7) is 6.81. The van der Waals surface area contributed by atoms with Crippen LogP contribution < -0.4 is 19.7 Å². The third-order valence-corrected chi connectivity index (χ3v) is 6.19. The Kier molecular flexibility index (Phi) is 6.63. The van der Waals surface area contributed by atoms with Gasteiger partial charge in [0.1, 0.15) is 0 Å². The predicted molar refractivity (Wildman–Crippen MR) is 121 cm³/mol. The van der Waals surface area contributed by atoms with Gasteiger partial charge in [0.05, 0.1) is 33.5 Å². The molecule has 1 saturated heterocycles. The van der Waals surface area contributed by atoms with Crippen molar-refractivity contribution in [3.63, 3.8) is 0 Å². The van der Waals surface area contributed by atoms with Crippen LogP contribution in [-0.2, 0) is 22.5 Å². The molecular formula is C24H31N3O4. The second-order valence-corrected chi connectivity index (χ2v) is 8.01. The first-order valence-corrected chi connectivity index (χ1v) is 10.8.